The molecule has 46 heavy (non-hydrogen) atoms. The fourth-order valence-corrected chi connectivity index (χ4v) is 6.67. The van der Waals surface area contributed by atoms with Crippen molar-refractivity contribution in [1.82, 2.24) is 4.57 Å². The van der Waals surface area contributed by atoms with Gasteiger partial charge >= 0.3 is 5.97 Å². The average Bonchev–Trinajstić information content (AvgIpc) is 3.37. The molecule has 1 aromatic heterocycles. The van der Waals surface area contributed by atoms with Gasteiger partial charge in [0.25, 0.3) is 5.56 Å². The second-order valence-electron chi connectivity index (χ2n) is 10.6. The van der Waals surface area contributed by atoms with E-state index in [0.29, 0.717) is 51.1 Å². The van der Waals surface area contributed by atoms with Gasteiger partial charge in [0, 0.05) is 0 Å². The third-order valence-electron chi connectivity index (χ3n) is 7.78. The van der Waals surface area contributed by atoms with Crippen LogP contribution in [0.2, 0.25) is 0 Å². The summed E-state index contributed by atoms with van der Waals surface area (Å²) >= 11 is 1.27. The number of esters is 1. The molecule has 0 saturated carbocycles. The highest BCUT2D eigenvalue weighted by Crippen LogP contribution is 2.33. The molecule has 9 heteroatoms. The van der Waals surface area contributed by atoms with Crippen molar-refractivity contribution in [2.24, 2.45) is 4.99 Å². The highest BCUT2D eigenvalue weighted by atomic mass is 32.1. The molecule has 2 heterocycles. The number of ether oxygens (including phenoxy) is 4. The Labute approximate surface area is 270 Å². The summed E-state index contributed by atoms with van der Waals surface area (Å²) < 4.78 is 25.0. The smallest absolute Gasteiger partial charge is 0.338 e. The van der Waals surface area contributed by atoms with Crippen molar-refractivity contribution in [3.05, 3.63) is 133 Å². The van der Waals surface area contributed by atoms with Gasteiger partial charge in [-0.1, -0.05) is 72.0 Å². The molecule has 234 valence electrons. The summed E-state index contributed by atoms with van der Waals surface area (Å²) in [6.07, 6.45) is 1.81. The summed E-state index contributed by atoms with van der Waals surface area (Å²) in [7, 11) is 1.59. The van der Waals surface area contributed by atoms with E-state index in [4.69, 9.17) is 18.9 Å². The monoisotopic (exact) mass is 634 g/mol. The molecule has 0 fully saturated rings. The van der Waals surface area contributed by atoms with Crippen LogP contribution in [0.5, 0.6) is 17.2 Å². The van der Waals surface area contributed by atoms with Gasteiger partial charge in [0.05, 0.1) is 42.2 Å². The van der Waals surface area contributed by atoms with Crippen LogP contribution < -0.4 is 29.1 Å². The standard InChI is InChI=1S/C37H34N2O6S/c1-5-43-31-20-24(14-19-30(31)45-22-27-12-9-11-25-10-7-8-13-29(25)27)21-32-35(40)39-34(26-15-17-28(42-4)18-16-26)33(36(41)44-6-2)23(3)38-37(39)46-32/h7-21,34H,5-6,22H2,1-4H3. The van der Waals surface area contributed by atoms with Crippen molar-refractivity contribution in [2.75, 3.05) is 20.3 Å². The van der Waals surface area contributed by atoms with Crippen molar-refractivity contribution < 1.29 is 23.7 Å². The maximum absolute atomic E-state index is 14.0. The number of carbonyl (C=O) groups is 1. The van der Waals surface area contributed by atoms with E-state index >= 15 is 0 Å². The number of hydrogen-bond donors (Lipinski definition) is 0. The lowest BCUT2D eigenvalue weighted by molar-refractivity contribution is -0.139. The van der Waals surface area contributed by atoms with E-state index in [1.54, 1.807) is 25.5 Å². The van der Waals surface area contributed by atoms with Crippen LogP contribution in [0.1, 0.15) is 43.5 Å². The van der Waals surface area contributed by atoms with Crippen LogP contribution in [0.15, 0.2) is 106 Å². The summed E-state index contributed by atoms with van der Waals surface area (Å²) in [5, 5.41) is 2.30. The zero-order valence-electron chi connectivity index (χ0n) is 26.1. The van der Waals surface area contributed by atoms with Crippen LogP contribution in [0.3, 0.4) is 0 Å². The summed E-state index contributed by atoms with van der Waals surface area (Å²) in [4.78, 5) is 32.4. The van der Waals surface area contributed by atoms with E-state index in [1.165, 1.54) is 11.3 Å². The van der Waals surface area contributed by atoms with Gasteiger partial charge in [-0.2, -0.15) is 0 Å². The predicted octanol–water partition coefficient (Wildman–Crippen LogP) is 5.94. The Kier molecular flexibility index (Phi) is 9.03. The summed E-state index contributed by atoms with van der Waals surface area (Å²) in [6.45, 7) is 6.48. The van der Waals surface area contributed by atoms with Crippen molar-refractivity contribution in [3.63, 3.8) is 0 Å². The maximum Gasteiger partial charge on any atom is 0.338 e. The number of carbonyl (C=O) groups excluding carboxylic acids is 1. The first kappa shape index (κ1) is 30.9. The van der Waals surface area contributed by atoms with Crippen LogP contribution in [-0.2, 0) is 16.1 Å². The Morgan fingerprint density at radius 1 is 0.935 bits per heavy atom. The van der Waals surface area contributed by atoms with Gasteiger partial charge in [0.1, 0.15) is 12.4 Å². The maximum atomic E-state index is 14.0. The van der Waals surface area contributed by atoms with E-state index in [9.17, 15) is 9.59 Å². The third kappa shape index (κ3) is 6.06. The molecule has 1 atom stereocenters. The predicted molar refractivity (Wildman–Crippen MR) is 179 cm³/mol. The number of nitrogens with zero attached hydrogens (tertiary/aromatic N) is 2. The van der Waals surface area contributed by atoms with Crippen molar-refractivity contribution in [2.45, 2.75) is 33.4 Å². The minimum atomic E-state index is -0.702. The second kappa shape index (κ2) is 13.5. The van der Waals surface area contributed by atoms with Crippen LogP contribution in [0.4, 0.5) is 0 Å². The molecule has 0 spiro atoms. The Bertz CT molecular complexity index is 2120. The number of fused-ring (bicyclic) bond motifs is 2. The number of allylic oxidation sites excluding steroid dienone is 1. The first-order valence-electron chi connectivity index (χ1n) is 15.1. The molecule has 5 aromatic rings. The Balaban J connectivity index is 1.37. The number of methoxy groups -OCH3 is 1. The lowest BCUT2D eigenvalue weighted by Crippen LogP contribution is -2.39. The highest BCUT2D eigenvalue weighted by Gasteiger charge is 2.33. The number of benzene rings is 4. The Morgan fingerprint density at radius 3 is 2.48 bits per heavy atom. The van der Waals surface area contributed by atoms with Gasteiger partial charge in [-0.25, -0.2) is 9.79 Å². The summed E-state index contributed by atoms with van der Waals surface area (Å²) in [5.74, 6) is 1.37. The molecule has 0 radical (unpaired) electrons. The van der Waals surface area contributed by atoms with Gasteiger partial charge in [-0.15, -0.1) is 0 Å². The topological polar surface area (TPSA) is 88.4 Å². The molecule has 4 aromatic carbocycles. The molecule has 0 amide bonds. The normalized spacial score (nSPS) is 14.5. The molecular formula is C37H34N2O6S. The zero-order valence-corrected chi connectivity index (χ0v) is 26.9. The molecular weight excluding hydrogens is 600 g/mol. The fourth-order valence-electron chi connectivity index (χ4n) is 5.62. The quantitative estimate of drug-likeness (QED) is 0.177. The fraction of sp³-hybridized carbons (Fsp3) is 0.216. The van der Waals surface area contributed by atoms with E-state index in [1.807, 2.05) is 73.7 Å². The summed E-state index contributed by atoms with van der Waals surface area (Å²) in [5.41, 5.74) is 3.18. The largest absolute Gasteiger partial charge is 0.497 e. The minimum Gasteiger partial charge on any atom is -0.497 e. The SMILES string of the molecule is CCOC(=O)C1=C(C)N=c2sc(=Cc3ccc(OCc4cccc5ccccc45)c(OCC)c3)c(=O)n2C1c1ccc(OC)cc1. The minimum absolute atomic E-state index is 0.208. The molecule has 1 unspecified atom stereocenters. The van der Waals surface area contributed by atoms with Gasteiger partial charge in [0.15, 0.2) is 16.3 Å². The Morgan fingerprint density at radius 2 is 1.72 bits per heavy atom. The van der Waals surface area contributed by atoms with Crippen LogP contribution >= 0.6 is 11.3 Å². The van der Waals surface area contributed by atoms with Crippen molar-refractivity contribution in [1.29, 1.82) is 0 Å². The van der Waals surface area contributed by atoms with Gasteiger partial charge in [-0.3, -0.25) is 9.36 Å². The molecule has 0 N–H and O–H groups in total. The lowest BCUT2D eigenvalue weighted by Gasteiger charge is -2.24. The molecule has 8 nitrogen and oxygen atoms in total. The molecule has 6 rings (SSSR count). The third-order valence-corrected chi connectivity index (χ3v) is 8.76. The van der Waals surface area contributed by atoms with E-state index in [-0.39, 0.29) is 12.2 Å². The average molecular weight is 635 g/mol. The lowest BCUT2D eigenvalue weighted by atomic mass is 9.96. The number of aromatic nitrogens is 1. The van der Waals surface area contributed by atoms with Crippen LogP contribution in [-0.4, -0.2) is 30.9 Å². The number of thiazole rings is 1. The van der Waals surface area contributed by atoms with Crippen molar-refractivity contribution >= 4 is 34.2 Å². The Hall–Kier alpha value is -5.15. The van der Waals surface area contributed by atoms with E-state index < -0.39 is 12.0 Å². The van der Waals surface area contributed by atoms with E-state index in [2.05, 4.69) is 29.3 Å². The second-order valence-corrected chi connectivity index (χ2v) is 11.7. The van der Waals surface area contributed by atoms with Gasteiger partial charge in [-0.05, 0) is 78.6 Å². The van der Waals surface area contributed by atoms with Gasteiger partial charge < -0.3 is 18.9 Å². The molecule has 0 aliphatic carbocycles. The molecule has 1 aliphatic rings. The van der Waals surface area contributed by atoms with Crippen molar-refractivity contribution in [3.8, 4) is 17.2 Å². The first-order valence-corrected chi connectivity index (χ1v) is 15.9. The molecule has 0 saturated heterocycles. The molecule has 0 bridgehead atoms. The summed E-state index contributed by atoms with van der Waals surface area (Å²) in [6, 6.07) is 26.6. The number of rotatable bonds is 10. The molecule has 1 aliphatic heterocycles. The number of hydrogen-bond acceptors (Lipinski definition) is 8. The van der Waals surface area contributed by atoms with Crippen LogP contribution in [0.25, 0.3) is 16.8 Å². The van der Waals surface area contributed by atoms with Gasteiger partial charge in [0.2, 0.25) is 0 Å². The highest BCUT2D eigenvalue weighted by molar-refractivity contribution is 7.07. The van der Waals surface area contributed by atoms with Crippen LogP contribution in [0, 0.1) is 0 Å². The van der Waals surface area contributed by atoms with E-state index in [0.717, 1.165) is 27.5 Å². The zero-order chi connectivity index (χ0) is 32.2. The first-order chi connectivity index (χ1) is 22.4.